The number of hydrogen-bond acceptors (Lipinski definition) is 3. The number of piperazine rings is 1. The van der Waals surface area contributed by atoms with Crippen molar-refractivity contribution in [3.8, 4) is 11.5 Å². The van der Waals surface area contributed by atoms with E-state index in [1.807, 2.05) is 29.1 Å². The van der Waals surface area contributed by atoms with E-state index in [0.29, 0.717) is 43.2 Å². The summed E-state index contributed by atoms with van der Waals surface area (Å²) in [4.78, 5) is 17.4. The molecule has 4 aromatic rings. The Labute approximate surface area is 183 Å². The van der Waals surface area contributed by atoms with Gasteiger partial charge in [0.25, 0.3) is 5.91 Å². The summed E-state index contributed by atoms with van der Waals surface area (Å²) < 4.78 is 30.1. The monoisotopic (exact) mass is 433 g/mol. The van der Waals surface area contributed by atoms with Crippen LogP contribution in [0.25, 0.3) is 11.5 Å². The molecule has 1 saturated heterocycles. The summed E-state index contributed by atoms with van der Waals surface area (Å²) in [6, 6.07) is 16.1. The minimum absolute atomic E-state index is 0.110. The first-order valence-electron chi connectivity index (χ1n) is 10.4. The second kappa shape index (κ2) is 8.30. The predicted octanol–water partition coefficient (Wildman–Crippen LogP) is 3.90. The molecule has 0 unspecified atom stereocenters. The Hall–Kier alpha value is -3.94. The van der Waals surface area contributed by atoms with E-state index in [9.17, 15) is 13.6 Å². The maximum atomic E-state index is 13.4. The smallest absolute Gasteiger partial charge is 0.259 e. The van der Waals surface area contributed by atoms with Gasteiger partial charge in [-0.05, 0) is 60.7 Å². The maximum absolute atomic E-state index is 13.4. The van der Waals surface area contributed by atoms with E-state index in [0.717, 1.165) is 5.69 Å². The number of hydrogen-bond donors (Lipinski definition) is 0. The molecular weight excluding hydrogens is 412 g/mol. The van der Waals surface area contributed by atoms with Crippen molar-refractivity contribution in [2.24, 2.45) is 0 Å². The number of rotatable bonds is 4. The highest BCUT2D eigenvalue weighted by Crippen LogP contribution is 2.23. The van der Waals surface area contributed by atoms with Crippen LogP contribution in [0, 0.1) is 11.6 Å². The fourth-order valence-electron chi connectivity index (χ4n) is 3.98. The van der Waals surface area contributed by atoms with Crippen molar-refractivity contribution in [2.75, 3.05) is 31.1 Å². The first-order chi connectivity index (χ1) is 15.6. The predicted molar refractivity (Wildman–Crippen MR) is 117 cm³/mol. The van der Waals surface area contributed by atoms with E-state index in [-0.39, 0.29) is 17.5 Å². The van der Waals surface area contributed by atoms with Crippen LogP contribution in [0.2, 0.25) is 0 Å². The van der Waals surface area contributed by atoms with Gasteiger partial charge in [-0.2, -0.15) is 5.10 Å². The van der Waals surface area contributed by atoms with E-state index in [1.165, 1.54) is 24.3 Å². The van der Waals surface area contributed by atoms with Crippen molar-refractivity contribution in [1.29, 1.82) is 0 Å². The van der Waals surface area contributed by atoms with Gasteiger partial charge in [0.1, 0.15) is 17.2 Å². The lowest BCUT2D eigenvalue weighted by Crippen LogP contribution is -2.48. The van der Waals surface area contributed by atoms with Crippen LogP contribution < -0.4 is 4.90 Å². The Bertz CT molecular complexity index is 1210. The maximum Gasteiger partial charge on any atom is 0.259 e. The molecule has 32 heavy (non-hydrogen) atoms. The van der Waals surface area contributed by atoms with Crippen LogP contribution in [-0.4, -0.2) is 51.3 Å². The second-order valence-electron chi connectivity index (χ2n) is 7.62. The minimum atomic E-state index is -0.334. The summed E-state index contributed by atoms with van der Waals surface area (Å²) in [6.45, 7) is 2.40. The molecule has 0 aliphatic carbocycles. The van der Waals surface area contributed by atoms with Gasteiger partial charge in [0, 0.05) is 44.3 Å². The summed E-state index contributed by atoms with van der Waals surface area (Å²) in [5.74, 6) is -0.106. The van der Waals surface area contributed by atoms with E-state index in [1.54, 1.807) is 40.0 Å². The van der Waals surface area contributed by atoms with E-state index < -0.39 is 0 Å². The van der Waals surface area contributed by atoms with Gasteiger partial charge in [-0.15, -0.1) is 0 Å². The number of carbonyl (C=O) groups excluding carboxylic acids is 1. The lowest BCUT2D eigenvalue weighted by Gasteiger charge is -2.36. The third-order valence-electron chi connectivity index (χ3n) is 5.65. The molecule has 2 aromatic carbocycles. The summed E-state index contributed by atoms with van der Waals surface area (Å²) in [5, 5.41) is 4.44. The van der Waals surface area contributed by atoms with Gasteiger partial charge in [-0.25, -0.2) is 13.5 Å². The Morgan fingerprint density at radius 3 is 1.94 bits per heavy atom. The molecule has 1 fully saturated rings. The molecule has 6 nitrogen and oxygen atoms in total. The summed E-state index contributed by atoms with van der Waals surface area (Å²) in [6.07, 6.45) is 5.26. The molecule has 3 heterocycles. The summed E-state index contributed by atoms with van der Waals surface area (Å²) >= 11 is 0. The van der Waals surface area contributed by atoms with Gasteiger partial charge in [-0.1, -0.05) is 0 Å². The normalized spacial score (nSPS) is 14.1. The number of halogens is 2. The first kappa shape index (κ1) is 20.0. The van der Waals surface area contributed by atoms with Crippen molar-refractivity contribution >= 4 is 11.6 Å². The largest absolute Gasteiger partial charge is 0.368 e. The molecule has 2 aromatic heterocycles. The van der Waals surface area contributed by atoms with E-state index in [2.05, 4.69) is 10.00 Å². The van der Waals surface area contributed by atoms with Crippen molar-refractivity contribution < 1.29 is 13.6 Å². The molecule has 0 N–H and O–H groups in total. The molecule has 0 radical (unpaired) electrons. The third-order valence-corrected chi connectivity index (χ3v) is 5.65. The van der Waals surface area contributed by atoms with E-state index in [4.69, 9.17) is 0 Å². The highest BCUT2D eigenvalue weighted by Gasteiger charge is 2.27. The molecule has 1 aliphatic rings. The molecule has 0 saturated carbocycles. The van der Waals surface area contributed by atoms with Gasteiger partial charge in [0.2, 0.25) is 0 Å². The fourth-order valence-corrected chi connectivity index (χ4v) is 3.98. The zero-order valence-corrected chi connectivity index (χ0v) is 17.2. The number of amides is 1. The van der Waals surface area contributed by atoms with Crippen molar-refractivity contribution in [3.05, 3.63) is 96.5 Å². The van der Waals surface area contributed by atoms with Crippen molar-refractivity contribution in [2.45, 2.75) is 0 Å². The standard InChI is InChI=1S/C24H21F2N5O/c25-18-3-7-20(8-4-18)28-13-15-30(16-14-28)24(32)22-17-27-31(21-9-5-19(26)6-10-21)23(22)29-11-1-2-12-29/h1-12,17H,13-16H2. The number of anilines is 1. The Morgan fingerprint density at radius 2 is 1.34 bits per heavy atom. The van der Waals surface area contributed by atoms with Gasteiger partial charge in [-0.3, -0.25) is 4.79 Å². The molecule has 1 amide bonds. The van der Waals surface area contributed by atoms with Crippen LogP contribution in [0.1, 0.15) is 10.4 Å². The average Bonchev–Trinajstić information content (AvgIpc) is 3.50. The second-order valence-corrected chi connectivity index (χ2v) is 7.62. The lowest BCUT2D eigenvalue weighted by atomic mass is 10.2. The van der Waals surface area contributed by atoms with Gasteiger partial charge < -0.3 is 14.4 Å². The van der Waals surface area contributed by atoms with Crippen LogP contribution in [0.4, 0.5) is 14.5 Å². The SMILES string of the molecule is O=C(c1cnn(-c2ccc(F)cc2)c1-n1cccc1)N1CCN(c2ccc(F)cc2)CC1. The number of nitrogens with zero attached hydrogens (tertiary/aromatic N) is 5. The summed E-state index contributed by atoms with van der Waals surface area (Å²) in [7, 11) is 0. The quantitative estimate of drug-likeness (QED) is 0.490. The molecular formula is C24H21F2N5O. The van der Waals surface area contributed by atoms with Crippen LogP contribution in [-0.2, 0) is 0 Å². The molecule has 8 heteroatoms. The van der Waals surface area contributed by atoms with Gasteiger partial charge in [0.05, 0.1) is 11.9 Å². The number of benzene rings is 2. The highest BCUT2D eigenvalue weighted by molar-refractivity contribution is 5.97. The molecule has 0 bridgehead atoms. The fraction of sp³-hybridized carbons (Fsp3) is 0.167. The van der Waals surface area contributed by atoms with Crippen molar-refractivity contribution in [3.63, 3.8) is 0 Å². The topological polar surface area (TPSA) is 46.3 Å². The van der Waals surface area contributed by atoms with Gasteiger partial charge in [0.15, 0.2) is 5.82 Å². The Morgan fingerprint density at radius 1 is 0.781 bits per heavy atom. The van der Waals surface area contributed by atoms with Crippen LogP contribution in [0.3, 0.4) is 0 Å². The minimum Gasteiger partial charge on any atom is -0.368 e. The van der Waals surface area contributed by atoms with E-state index >= 15 is 0 Å². The zero-order chi connectivity index (χ0) is 22.1. The summed E-state index contributed by atoms with van der Waals surface area (Å²) in [5.41, 5.74) is 2.08. The lowest BCUT2D eigenvalue weighted by molar-refractivity contribution is 0.0747. The number of aromatic nitrogens is 3. The average molecular weight is 433 g/mol. The molecule has 5 rings (SSSR count). The molecule has 0 atom stereocenters. The molecule has 162 valence electrons. The van der Waals surface area contributed by atoms with Crippen LogP contribution in [0.5, 0.6) is 0 Å². The Balaban J connectivity index is 1.40. The van der Waals surface area contributed by atoms with Crippen LogP contribution in [0.15, 0.2) is 79.3 Å². The van der Waals surface area contributed by atoms with Gasteiger partial charge >= 0.3 is 0 Å². The number of carbonyl (C=O) groups is 1. The van der Waals surface area contributed by atoms with Crippen LogP contribution >= 0.6 is 0 Å². The molecule has 1 aliphatic heterocycles. The zero-order valence-electron chi connectivity index (χ0n) is 17.2. The van der Waals surface area contributed by atoms with Crippen molar-refractivity contribution in [1.82, 2.24) is 19.2 Å². The first-order valence-corrected chi connectivity index (χ1v) is 10.4. The molecule has 0 spiro atoms. The third kappa shape index (κ3) is 3.75. The highest BCUT2D eigenvalue weighted by atomic mass is 19.1. The Kier molecular flexibility index (Phi) is 5.18.